The first-order chi connectivity index (χ1) is 10.6. The van der Waals surface area contributed by atoms with E-state index in [1.165, 1.54) is 8.61 Å². The zero-order chi connectivity index (χ0) is 15.6. The van der Waals surface area contributed by atoms with E-state index in [1.807, 2.05) is 13.0 Å². The quantitative estimate of drug-likeness (QED) is 0.801. The fraction of sp³-hybridized carbons (Fsp3) is 0.643. The first-order valence-corrected chi connectivity index (χ1v) is 8.95. The Morgan fingerprint density at radius 3 is 2.73 bits per heavy atom. The summed E-state index contributed by atoms with van der Waals surface area (Å²) in [6.07, 6.45) is 0.611. The van der Waals surface area contributed by atoms with Gasteiger partial charge in [0.25, 0.3) is 10.2 Å². The van der Waals surface area contributed by atoms with Crippen molar-refractivity contribution in [2.24, 2.45) is 0 Å². The summed E-state index contributed by atoms with van der Waals surface area (Å²) in [5.74, 6) is 0.603. The van der Waals surface area contributed by atoms with Crippen LogP contribution in [-0.2, 0) is 27.9 Å². The molecule has 22 heavy (non-hydrogen) atoms. The van der Waals surface area contributed by atoms with E-state index >= 15 is 0 Å². The molecule has 0 aromatic carbocycles. The van der Waals surface area contributed by atoms with E-state index < -0.39 is 10.2 Å². The summed E-state index contributed by atoms with van der Waals surface area (Å²) in [4.78, 5) is 4.45. The number of rotatable bonds is 4. The van der Waals surface area contributed by atoms with Gasteiger partial charge in [-0.2, -0.15) is 17.0 Å². The molecule has 7 nitrogen and oxygen atoms in total. The summed E-state index contributed by atoms with van der Waals surface area (Å²) in [6.45, 7) is 5.08. The lowest BCUT2D eigenvalue weighted by atomic mass is 10.1. The van der Waals surface area contributed by atoms with Crippen LogP contribution in [0, 0.1) is 0 Å². The molecule has 1 fully saturated rings. The molecule has 2 aliphatic rings. The van der Waals surface area contributed by atoms with Crippen LogP contribution in [0.4, 0.5) is 0 Å². The minimum absolute atomic E-state index is 0.369. The molecule has 0 saturated carbocycles. The van der Waals surface area contributed by atoms with Gasteiger partial charge in [0.2, 0.25) is 5.88 Å². The third-order valence-corrected chi connectivity index (χ3v) is 5.88. The van der Waals surface area contributed by atoms with Crippen LogP contribution < -0.4 is 4.74 Å². The minimum Gasteiger partial charge on any atom is -0.478 e. The zero-order valence-electron chi connectivity index (χ0n) is 12.7. The largest absolute Gasteiger partial charge is 0.478 e. The molecule has 3 heterocycles. The van der Waals surface area contributed by atoms with E-state index in [1.54, 1.807) is 6.07 Å². The van der Waals surface area contributed by atoms with Crippen molar-refractivity contribution >= 4 is 10.2 Å². The average molecular weight is 327 g/mol. The molecule has 1 aromatic heterocycles. The predicted molar refractivity (Wildman–Crippen MR) is 80.8 cm³/mol. The molecular formula is C14H21N3O4S. The molecule has 0 unspecified atom stereocenters. The SMILES string of the molecule is CCOc1ccc2c(n1)CCN(S(=O)(=O)N1CCOCC1)C2. The fourth-order valence-corrected chi connectivity index (χ4v) is 4.30. The number of fused-ring (bicyclic) bond motifs is 1. The van der Waals surface area contributed by atoms with Gasteiger partial charge in [0.1, 0.15) is 0 Å². The molecular weight excluding hydrogens is 306 g/mol. The maximum Gasteiger partial charge on any atom is 0.282 e. The normalized spacial score (nSPS) is 20.6. The van der Waals surface area contributed by atoms with Gasteiger partial charge in [-0.15, -0.1) is 0 Å². The standard InChI is InChI=1S/C14H21N3O4S/c1-2-21-14-4-3-12-11-17(6-5-13(12)15-14)22(18,19)16-7-9-20-10-8-16/h3-4H,2,5-11H2,1H3. The molecule has 3 rings (SSSR count). The van der Waals surface area contributed by atoms with Gasteiger partial charge in [0.15, 0.2) is 0 Å². The van der Waals surface area contributed by atoms with E-state index in [-0.39, 0.29) is 0 Å². The molecule has 0 radical (unpaired) electrons. The Kier molecular flexibility index (Phi) is 4.62. The molecule has 0 bridgehead atoms. The summed E-state index contributed by atoms with van der Waals surface area (Å²) < 4.78 is 39.0. The van der Waals surface area contributed by atoms with E-state index in [2.05, 4.69) is 4.98 Å². The van der Waals surface area contributed by atoms with Crippen LogP contribution in [0.25, 0.3) is 0 Å². The highest BCUT2D eigenvalue weighted by Crippen LogP contribution is 2.24. The van der Waals surface area contributed by atoms with Crippen molar-refractivity contribution in [2.45, 2.75) is 19.9 Å². The van der Waals surface area contributed by atoms with Crippen molar-refractivity contribution in [3.8, 4) is 5.88 Å². The molecule has 0 N–H and O–H groups in total. The Balaban J connectivity index is 1.76. The van der Waals surface area contributed by atoms with Crippen LogP contribution in [0.2, 0.25) is 0 Å². The zero-order valence-corrected chi connectivity index (χ0v) is 13.5. The van der Waals surface area contributed by atoms with E-state index in [0.29, 0.717) is 58.3 Å². The van der Waals surface area contributed by atoms with Gasteiger partial charge in [-0.1, -0.05) is 6.07 Å². The Bertz CT molecular complexity index is 629. The third-order valence-electron chi connectivity index (χ3n) is 3.90. The van der Waals surface area contributed by atoms with Crippen LogP contribution >= 0.6 is 0 Å². The van der Waals surface area contributed by atoms with Gasteiger partial charge in [-0.3, -0.25) is 0 Å². The van der Waals surface area contributed by atoms with Crippen LogP contribution in [0.3, 0.4) is 0 Å². The highest BCUT2D eigenvalue weighted by Gasteiger charge is 2.33. The fourth-order valence-electron chi connectivity index (χ4n) is 2.74. The van der Waals surface area contributed by atoms with E-state index in [4.69, 9.17) is 9.47 Å². The van der Waals surface area contributed by atoms with Gasteiger partial charge in [-0.25, -0.2) is 4.98 Å². The maximum atomic E-state index is 12.7. The number of hydrogen-bond donors (Lipinski definition) is 0. The molecule has 8 heteroatoms. The molecule has 0 aliphatic carbocycles. The van der Waals surface area contributed by atoms with Gasteiger partial charge in [0, 0.05) is 38.7 Å². The van der Waals surface area contributed by atoms with E-state index in [0.717, 1.165) is 11.3 Å². The Morgan fingerprint density at radius 1 is 1.23 bits per heavy atom. The number of aromatic nitrogens is 1. The molecule has 1 saturated heterocycles. The lowest BCUT2D eigenvalue weighted by Crippen LogP contribution is -2.49. The lowest BCUT2D eigenvalue weighted by molar-refractivity contribution is 0.0698. The Labute approximate surface area is 131 Å². The van der Waals surface area contributed by atoms with Crippen molar-refractivity contribution in [3.63, 3.8) is 0 Å². The van der Waals surface area contributed by atoms with Crippen LogP contribution in [0.15, 0.2) is 12.1 Å². The van der Waals surface area contributed by atoms with Crippen LogP contribution in [0.1, 0.15) is 18.2 Å². The lowest BCUT2D eigenvalue weighted by Gasteiger charge is -2.34. The van der Waals surface area contributed by atoms with Crippen LogP contribution in [-0.4, -0.2) is 61.5 Å². The Hall–Kier alpha value is -1.22. The second-order valence-corrected chi connectivity index (χ2v) is 7.22. The van der Waals surface area contributed by atoms with Gasteiger partial charge in [-0.05, 0) is 12.5 Å². The van der Waals surface area contributed by atoms with Crippen molar-refractivity contribution in [2.75, 3.05) is 39.5 Å². The second kappa shape index (κ2) is 6.49. The first kappa shape index (κ1) is 15.7. The van der Waals surface area contributed by atoms with Gasteiger partial charge in [0.05, 0.1) is 25.5 Å². The summed E-state index contributed by atoms with van der Waals surface area (Å²) in [5.41, 5.74) is 1.88. The molecule has 0 spiro atoms. The van der Waals surface area contributed by atoms with Crippen molar-refractivity contribution in [1.82, 2.24) is 13.6 Å². The average Bonchev–Trinajstić information content (AvgIpc) is 2.55. The number of morpholine rings is 1. The topological polar surface area (TPSA) is 72.0 Å². The summed E-state index contributed by atoms with van der Waals surface area (Å²) in [5, 5.41) is 0. The highest BCUT2D eigenvalue weighted by molar-refractivity contribution is 7.86. The first-order valence-electron chi connectivity index (χ1n) is 7.56. The number of nitrogens with zero attached hydrogens (tertiary/aromatic N) is 3. The predicted octanol–water partition coefficient (Wildman–Crippen LogP) is 0.415. The van der Waals surface area contributed by atoms with Crippen molar-refractivity contribution in [1.29, 1.82) is 0 Å². The molecule has 0 amide bonds. The third kappa shape index (κ3) is 3.10. The minimum atomic E-state index is -3.42. The summed E-state index contributed by atoms with van der Waals surface area (Å²) in [6, 6.07) is 3.71. The molecule has 2 aliphatic heterocycles. The van der Waals surface area contributed by atoms with Crippen molar-refractivity contribution < 1.29 is 17.9 Å². The molecule has 122 valence electrons. The molecule has 1 aromatic rings. The van der Waals surface area contributed by atoms with E-state index in [9.17, 15) is 8.42 Å². The van der Waals surface area contributed by atoms with Gasteiger partial charge >= 0.3 is 0 Å². The summed E-state index contributed by atoms with van der Waals surface area (Å²) >= 11 is 0. The van der Waals surface area contributed by atoms with Gasteiger partial charge < -0.3 is 9.47 Å². The number of pyridine rings is 1. The smallest absolute Gasteiger partial charge is 0.282 e. The second-order valence-electron chi connectivity index (χ2n) is 5.29. The maximum absolute atomic E-state index is 12.7. The number of ether oxygens (including phenoxy) is 2. The number of hydrogen-bond acceptors (Lipinski definition) is 5. The summed E-state index contributed by atoms with van der Waals surface area (Å²) in [7, 11) is -3.42. The monoisotopic (exact) mass is 327 g/mol. The van der Waals surface area contributed by atoms with Crippen LogP contribution in [0.5, 0.6) is 5.88 Å². The van der Waals surface area contributed by atoms with Crippen molar-refractivity contribution in [3.05, 3.63) is 23.4 Å². The molecule has 0 atom stereocenters. The highest BCUT2D eigenvalue weighted by atomic mass is 32.2. The Morgan fingerprint density at radius 2 is 2.00 bits per heavy atom.